The number of methoxy groups -OCH3 is 1. The Morgan fingerprint density at radius 2 is 1.68 bits per heavy atom. The van der Waals surface area contributed by atoms with Crippen molar-refractivity contribution in [1.82, 2.24) is 0 Å². The van der Waals surface area contributed by atoms with Crippen LogP contribution in [0.15, 0.2) is 72.8 Å². The highest BCUT2D eigenvalue weighted by Crippen LogP contribution is 2.30. The third-order valence-electron chi connectivity index (χ3n) is 4.16. The molecule has 0 saturated heterocycles. The quantitative estimate of drug-likeness (QED) is 0.265. The van der Waals surface area contributed by atoms with Crippen LogP contribution in [-0.2, 0) is 0 Å². The molecule has 0 aliphatic heterocycles. The fourth-order valence-electron chi connectivity index (χ4n) is 2.75. The maximum Gasteiger partial charge on any atom is 0.343 e. The Balaban J connectivity index is 1.87. The van der Waals surface area contributed by atoms with Crippen LogP contribution in [0.25, 0.3) is 11.6 Å². The Morgan fingerprint density at radius 3 is 2.36 bits per heavy atom. The number of nitrogens with zero attached hydrogens (tertiary/aromatic N) is 1. The molecule has 0 fully saturated rings. The van der Waals surface area contributed by atoms with Crippen molar-refractivity contribution >= 4 is 17.6 Å². The van der Waals surface area contributed by atoms with Gasteiger partial charge in [0.05, 0.1) is 24.3 Å². The number of rotatable bonds is 5. The summed E-state index contributed by atoms with van der Waals surface area (Å²) in [6.45, 7) is 1.91. The molecule has 0 heterocycles. The first-order chi connectivity index (χ1) is 13.6. The van der Waals surface area contributed by atoms with Gasteiger partial charge in [-0.3, -0.25) is 0 Å². The Bertz CT molecular complexity index is 1060. The van der Waals surface area contributed by atoms with E-state index in [1.165, 1.54) is 7.11 Å². The van der Waals surface area contributed by atoms with E-state index in [9.17, 15) is 10.1 Å². The Labute approximate surface area is 164 Å². The summed E-state index contributed by atoms with van der Waals surface area (Å²) >= 11 is 0. The molecule has 0 saturated carbocycles. The molecule has 0 unspecified atom stereocenters. The number of aryl methyl sites for hydroxylation is 1. The standard InChI is InChI=1S/C24H19NO3/c1-17-7-6-10-20(13-17)24(26)28-22-12-11-18(15-23(22)27-2)14-21(16-25)19-8-4-3-5-9-19/h3-15H,1-2H3/b21-14-. The van der Waals surface area contributed by atoms with Crippen molar-refractivity contribution in [3.05, 3.63) is 95.1 Å². The van der Waals surface area contributed by atoms with Crippen LogP contribution in [0, 0.1) is 18.3 Å². The van der Waals surface area contributed by atoms with E-state index >= 15 is 0 Å². The van der Waals surface area contributed by atoms with E-state index in [0.717, 1.165) is 16.7 Å². The molecule has 3 aromatic rings. The summed E-state index contributed by atoms with van der Waals surface area (Å²) in [7, 11) is 1.51. The summed E-state index contributed by atoms with van der Waals surface area (Å²) in [5.41, 5.74) is 3.59. The Kier molecular flexibility index (Phi) is 5.88. The normalized spacial score (nSPS) is 10.8. The SMILES string of the molecule is COc1cc(/C=C(/C#N)c2ccccc2)ccc1OC(=O)c1cccc(C)c1. The summed E-state index contributed by atoms with van der Waals surface area (Å²) in [6, 6.07) is 24.0. The van der Waals surface area contributed by atoms with Crippen molar-refractivity contribution < 1.29 is 14.3 Å². The summed E-state index contributed by atoms with van der Waals surface area (Å²) in [5.74, 6) is 0.289. The lowest BCUT2D eigenvalue weighted by molar-refractivity contribution is 0.0729. The van der Waals surface area contributed by atoms with Gasteiger partial charge in [0, 0.05) is 0 Å². The predicted molar refractivity (Wildman–Crippen MR) is 109 cm³/mol. The van der Waals surface area contributed by atoms with Gasteiger partial charge in [-0.05, 0) is 48.4 Å². The summed E-state index contributed by atoms with van der Waals surface area (Å²) in [6.07, 6.45) is 1.77. The van der Waals surface area contributed by atoms with Gasteiger partial charge in [0.2, 0.25) is 0 Å². The van der Waals surface area contributed by atoms with Crippen LogP contribution in [0.5, 0.6) is 11.5 Å². The van der Waals surface area contributed by atoms with Crippen molar-refractivity contribution in [2.24, 2.45) is 0 Å². The van der Waals surface area contributed by atoms with E-state index in [1.807, 2.05) is 49.4 Å². The van der Waals surface area contributed by atoms with Gasteiger partial charge >= 0.3 is 5.97 Å². The fourth-order valence-corrected chi connectivity index (χ4v) is 2.75. The highest BCUT2D eigenvalue weighted by atomic mass is 16.6. The molecule has 0 atom stereocenters. The average molecular weight is 369 g/mol. The minimum atomic E-state index is -0.452. The van der Waals surface area contributed by atoms with Crippen LogP contribution in [0.4, 0.5) is 0 Å². The van der Waals surface area contributed by atoms with Crippen LogP contribution < -0.4 is 9.47 Å². The largest absolute Gasteiger partial charge is 0.493 e. The second-order valence-electron chi connectivity index (χ2n) is 6.21. The number of hydrogen-bond donors (Lipinski definition) is 0. The topological polar surface area (TPSA) is 59.3 Å². The molecular formula is C24H19NO3. The van der Waals surface area contributed by atoms with E-state index in [1.54, 1.807) is 36.4 Å². The van der Waals surface area contributed by atoms with Crippen molar-refractivity contribution in [2.45, 2.75) is 6.92 Å². The number of carbonyl (C=O) groups excluding carboxylic acids is 1. The van der Waals surface area contributed by atoms with Gasteiger partial charge in [-0.1, -0.05) is 54.1 Å². The van der Waals surface area contributed by atoms with Gasteiger partial charge in [0.1, 0.15) is 0 Å². The van der Waals surface area contributed by atoms with Crippen LogP contribution >= 0.6 is 0 Å². The van der Waals surface area contributed by atoms with Crippen LogP contribution in [-0.4, -0.2) is 13.1 Å². The van der Waals surface area contributed by atoms with Crippen molar-refractivity contribution in [2.75, 3.05) is 7.11 Å². The number of allylic oxidation sites excluding steroid dienone is 1. The molecule has 0 aromatic heterocycles. The number of esters is 1. The van der Waals surface area contributed by atoms with Gasteiger partial charge in [0.25, 0.3) is 0 Å². The smallest absolute Gasteiger partial charge is 0.343 e. The maximum atomic E-state index is 12.4. The van der Waals surface area contributed by atoms with Gasteiger partial charge in [0.15, 0.2) is 11.5 Å². The second-order valence-corrected chi connectivity index (χ2v) is 6.21. The average Bonchev–Trinajstić information content (AvgIpc) is 2.73. The van der Waals surface area contributed by atoms with Crippen molar-refractivity contribution in [3.63, 3.8) is 0 Å². The monoisotopic (exact) mass is 369 g/mol. The number of carbonyl (C=O) groups is 1. The minimum Gasteiger partial charge on any atom is -0.493 e. The molecule has 0 aliphatic carbocycles. The zero-order valence-corrected chi connectivity index (χ0v) is 15.7. The number of hydrogen-bond acceptors (Lipinski definition) is 4. The van der Waals surface area contributed by atoms with E-state index in [4.69, 9.17) is 9.47 Å². The molecular weight excluding hydrogens is 350 g/mol. The molecule has 0 radical (unpaired) electrons. The first-order valence-corrected chi connectivity index (χ1v) is 8.75. The summed E-state index contributed by atoms with van der Waals surface area (Å²) in [5, 5.41) is 9.47. The zero-order chi connectivity index (χ0) is 19.9. The van der Waals surface area contributed by atoms with E-state index < -0.39 is 5.97 Å². The molecule has 3 rings (SSSR count). The molecule has 0 bridgehead atoms. The third kappa shape index (κ3) is 4.46. The van der Waals surface area contributed by atoms with Crippen LogP contribution in [0.2, 0.25) is 0 Å². The minimum absolute atomic E-state index is 0.323. The first-order valence-electron chi connectivity index (χ1n) is 8.75. The molecule has 28 heavy (non-hydrogen) atoms. The highest BCUT2D eigenvalue weighted by Gasteiger charge is 2.13. The van der Waals surface area contributed by atoms with E-state index in [0.29, 0.717) is 22.6 Å². The molecule has 0 N–H and O–H groups in total. The lowest BCUT2D eigenvalue weighted by Gasteiger charge is -2.10. The Morgan fingerprint density at radius 1 is 0.929 bits per heavy atom. The molecule has 4 heteroatoms. The third-order valence-corrected chi connectivity index (χ3v) is 4.16. The van der Waals surface area contributed by atoms with Gasteiger partial charge in [-0.15, -0.1) is 0 Å². The Hall–Kier alpha value is -3.84. The molecule has 138 valence electrons. The number of nitriles is 1. The molecule has 3 aromatic carbocycles. The van der Waals surface area contributed by atoms with Crippen LogP contribution in [0.3, 0.4) is 0 Å². The predicted octanol–water partition coefficient (Wildman–Crippen LogP) is 5.29. The fraction of sp³-hybridized carbons (Fsp3) is 0.0833. The van der Waals surface area contributed by atoms with Gasteiger partial charge < -0.3 is 9.47 Å². The molecule has 0 spiro atoms. The lowest BCUT2D eigenvalue weighted by Crippen LogP contribution is -2.09. The van der Waals surface area contributed by atoms with Crippen molar-refractivity contribution in [3.8, 4) is 17.6 Å². The summed E-state index contributed by atoms with van der Waals surface area (Å²) in [4.78, 5) is 12.4. The van der Waals surface area contributed by atoms with Crippen molar-refractivity contribution in [1.29, 1.82) is 5.26 Å². The highest BCUT2D eigenvalue weighted by molar-refractivity contribution is 5.92. The van der Waals surface area contributed by atoms with Gasteiger partial charge in [-0.2, -0.15) is 5.26 Å². The van der Waals surface area contributed by atoms with E-state index in [2.05, 4.69) is 6.07 Å². The number of ether oxygens (including phenoxy) is 2. The maximum absolute atomic E-state index is 12.4. The summed E-state index contributed by atoms with van der Waals surface area (Å²) < 4.78 is 10.9. The van der Waals surface area contributed by atoms with E-state index in [-0.39, 0.29) is 0 Å². The molecule has 0 amide bonds. The van der Waals surface area contributed by atoms with Crippen LogP contribution in [0.1, 0.15) is 27.0 Å². The number of benzene rings is 3. The molecule has 0 aliphatic rings. The lowest BCUT2D eigenvalue weighted by atomic mass is 10.0. The zero-order valence-electron chi connectivity index (χ0n) is 15.7. The van der Waals surface area contributed by atoms with Gasteiger partial charge in [-0.25, -0.2) is 4.79 Å². The second kappa shape index (κ2) is 8.70. The first kappa shape index (κ1) is 18.9. The molecule has 4 nitrogen and oxygen atoms in total.